The molecule has 4 heteroatoms. The number of rotatable bonds is 2. The third-order valence-corrected chi connectivity index (χ3v) is 2.02. The maximum Gasteiger partial charge on any atom is 0.250 e. The molecule has 70 valence electrons. The van der Waals surface area contributed by atoms with E-state index in [-0.39, 0.29) is 5.57 Å². The van der Waals surface area contributed by atoms with E-state index in [2.05, 4.69) is 11.6 Å². The summed E-state index contributed by atoms with van der Waals surface area (Å²) in [5.74, 6) is -0.532. The summed E-state index contributed by atoms with van der Waals surface area (Å²) in [6.45, 7) is 3.61. The fourth-order valence-corrected chi connectivity index (χ4v) is 1.28. The standard InChI is InChI=1S/C10H9N3O/c1-7(10(11)14)8-6-12-9-4-2-3-5-13(8)9/h2-6H,1H2,(H2,11,14). The van der Waals surface area contributed by atoms with Crippen molar-refractivity contribution in [3.63, 3.8) is 0 Å². The molecule has 2 aromatic rings. The average Bonchev–Trinajstić information content (AvgIpc) is 2.60. The van der Waals surface area contributed by atoms with Gasteiger partial charge in [0, 0.05) is 6.20 Å². The van der Waals surface area contributed by atoms with Gasteiger partial charge in [0.15, 0.2) is 0 Å². The molecule has 0 aromatic carbocycles. The zero-order valence-electron chi connectivity index (χ0n) is 7.47. The molecule has 0 aliphatic carbocycles. The number of imidazole rings is 1. The van der Waals surface area contributed by atoms with Gasteiger partial charge in [-0.2, -0.15) is 0 Å². The van der Waals surface area contributed by atoms with Gasteiger partial charge in [-0.15, -0.1) is 0 Å². The van der Waals surface area contributed by atoms with Crippen LogP contribution in [0, 0.1) is 0 Å². The summed E-state index contributed by atoms with van der Waals surface area (Å²) in [5, 5.41) is 0. The molecular weight excluding hydrogens is 178 g/mol. The molecule has 0 fully saturated rings. The SMILES string of the molecule is C=C(C(N)=O)c1cnc2ccccn12. The lowest BCUT2D eigenvalue weighted by Crippen LogP contribution is -2.13. The van der Waals surface area contributed by atoms with Crippen LogP contribution < -0.4 is 5.73 Å². The summed E-state index contributed by atoms with van der Waals surface area (Å²) in [5.41, 5.74) is 6.81. The summed E-state index contributed by atoms with van der Waals surface area (Å²) in [6, 6.07) is 5.57. The van der Waals surface area contributed by atoms with Gasteiger partial charge in [-0.1, -0.05) is 12.6 Å². The summed E-state index contributed by atoms with van der Waals surface area (Å²) in [6.07, 6.45) is 3.40. The second-order valence-corrected chi connectivity index (χ2v) is 2.92. The van der Waals surface area contributed by atoms with Crippen LogP contribution in [0.25, 0.3) is 11.2 Å². The Morgan fingerprint density at radius 3 is 3.00 bits per heavy atom. The Morgan fingerprint density at radius 2 is 2.29 bits per heavy atom. The Kier molecular flexibility index (Phi) is 1.81. The molecule has 0 aliphatic heterocycles. The van der Waals surface area contributed by atoms with E-state index in [1.165, 1.54) is 0 Å². The van der Waals surface area contributed by atoms with Crippen LogP contribution in [-0.4, -0.2) is 15.3 Å². The van der Waals surface area contributed by atoms with Gasteiger partial charge in [-0.3, -0.25) is 9.20 Å². The number of fused-ring (bicyclic) bond motifs is 1. The lowest BCUT2D eigenvalue weighted by atomic mass is 10.2. The molecule has 0 atom stereocenters. The van der Waals surface area contributed by atoms with E-state index in [1.807, 2.05) is 24.4 Å². The predicted molar refractivity (Wildman–Crippen MR) is 53.4 cm³/mol. The van der Waals surface area contributed by atoms with Gasteiger partial charge in [0.1, 0.15) is 5.65 Å². The number of nitrogens with two attached hydrogens (primary N) is 1. The smallest absolute Gasteiger partial charge is 0.250 e. The summed E-state index contributed by atoms with van der Waals surface area (Å²) >= 11 is 0. The first-order valence-corrected chi connectivity index (χ1v) is 4.11. The highest BCUT2D eigenvalue weighted by Gasteiger charge is 2.09. The van der Waals surface area contributed by atoms with Crippen LogP contribution in [0.1, 0.15) is 5.69 Å². The Labute approximate surface area is 80.7 Å². The lowest BCUT2D eigenvalue weighted by molar-refractivity contribution is -0.112. The number of hydrogen-bond acceptors (Lipinski definition) is 2. The minimum Gasteiger partial charge on any atom is -0.366 e. The number of amides is 1. The van der Waals surface area contributed by atoms with E-state index < -0.39 is 5.91 Å². The van der Waals surface area contributed by atoms with E-state index in [1.54, 1.807) is 10.6 Å². The van der Waals surface area contributed by atoms with Gasteiger partial charge in [0.05, 0.1) is 17.5 Å². The third-order valence-electron chi connectivity index (χ3n) is 2.02. The summed E-state index contributed by atoms with van der Waals surface area (Å²) in [4.78, 5) is 15.0. The molecule has 4 nitrogen and oxygen atoms in total. The molecular formula is C10H9N3O. The van der Waals surface area contributed by atoms with E-state index in [0.29, 0.717) is 5.69 Å². The largest absolute Gasteiger partial charge is 0.366 e. The van der Waals surface area contributed by atoms with Gasteiger partial charge < -0.3 is 5.73 Å². The van der Waals surface area contributed by atoms with Crippen molar-refractivity contribution in [3.05, 3.63) is 42.9 Å². The molecule has 2 rings (SSSR count). The zero-order valence-corrected chi connectivity index (χ0v) is 7.47. The Bertz CT molecular complexity index is 513. The zero-order chi connectivity index (χ0) is 10.1. The first-order chi connectivity index (χ1) is 6.70. The number of aromatic nitrogens is 2. The van der Waals surface area contributed by atoms with E-state index in [4.69, 9.17) is 5.73 Å². The molecule has 14 heavy (non-hydrogen) atoms. The van der Waals surface area contributed by atoms with Crippen LogP contribution in [-0.2, 0) is 4.79 Å². The molecule has 2 N–H and O–H groups in total. The molecule has 0 saturated heterocycles. The van der Waals surface area contributed by atoms with Gasteiger partial charge in [0.2, 0.25) is 5.91 Å². The second-order valence-electron chi connectivity index (χ2n) is 2.92. The topological polar surface area (TPSA) is 60.4 Å². The molecule has 0 bridgehead atoms. The van der Waals surface area contributed by atoms with Crippen LogP contribution in [0.5, 0.6) is 0 Å². The fraction of sp³-hybridized carbons (Fsp3) is 0. The number of hydrogen-bond donors (Lipinski definition) is 1. The fourth-order valence-electron chi connectivity index (χ4n) is 1.28. The van der Waals surface area contributed by atoms with E-state index in [9.17, 15) is 4.79 Å². The monoisotopic (exact) mass is 187 g/mol. The summed E-state index contributed by atoms with van der Waals surface area (Å²) < 4.78 is 1.77. The summed E-state index contributed by atoms with van der Waals surface area (Å²) in [7, 11) is 0. The van der Waals surface area contributed by atoms with Crippen molar-refractivity contribution in [1.82, 2.24) is 9.38 Å². The quantitative estimate of drug-likeness (QED) is 0.708. The molecule has 2 heterocycles. The molecule has 0 radical (unpaired) electrons. The highest BCUT2D eigenvalue weighted by atomic mass is 16.1. The van der Waals surface area contributed by atoms with Crippen LogP contribution in [0.15, 0.2) is 37.2 Å². The van der Waals surface area contributed by atoms with Crippen molar-refractivity contribution in [1.29, 1.82) is 0 Å². The molecule has 1 amide bonds. The number of nitrogens with zero attached hydrogens (tertiary/aromatic N) is 2. The minimum atomic E-state index is -0.532. The highest BCUT2D eigenvalue weighted by molar-refractivity contribution is 6.17. The molecule has 0 unspecified atom stereocenters. The van der Waals surface area contributed by atoms with Crippen molar-refractivity contribution in [2.45, 2.75) is 0 Å². The number of carbonyl (C=O) groups is 1. The van der Waals surface area contributed by atoms with Gasteiger partial charge in [-0.25, -0.2) is 4.98 Å². The average molecular weight is 187 g/mol. The van der Waals surface area contributed by atoms with Crippen molar-refractivity contribution in [2.24, 2.45) is 5.73 Å². The van der Waals surface area contributed by atoms with Crippen LogP contribution in [0.2, 0.25) is 0 Å². The predicted octanol–water partition coefficient (Wildman–Crippen LogP) is 0.833. The normalized spacial score (nSPS) is 10.3. The van der Waals surface area contributed by atoms with E-state index >= 15 is 0 Å². The van der Waals surface area contributed by atoms with Gasteiger partial charge in [-0.05, 0) is 12.1 Å². The third kappa shape index (κ3) is 1.17. The van der Waals surface area contributed by atoms with Crippen molar-refractivity contribution in [3.8, 4) is 0 Å². The van der Waals surface area contributed by atoms with Gasteiger partial charge >= 0.3 is 0 Å². The number of primary amides is 1. The minimum absolute atomic E-state index is 0.267. The first-order valence-electron chi connectivity index (χ1n) is 4.11. The van der Waals surface area contributed by atoms with Gasteiger partial charge in [0.25, 0.3) is 0 Å². The van der Waals surface area contributed by atoms with Crippen molar-refractivity contribution in [2.75, 3.05) is 0 Å². The maximum absolute atomic E-state index is 10.9. The second kappa shape index (κ2) is 2.99. The Hall–Kier alpha value is -2.10. The highest BCUT2D eigenvalue weighted by Crippen LogP contribution is 2.13. The Balaban J connectivity index is 2.64. The van der Waals surface area contributed by atoms with E-state index in [0.717, 1.165) is 5.65 Å². The van der Waals surface area contributed by atoms with Crippen LogP contribution in [0.4, 0.5) is 0 Å². The van der Waals surface area contributed by atoms with Crippen LogP contribution >= 0.6 is 0 Å². The first kappa shape index (κ1) is 8.50. The van der Waals surface area contributed by atoms with Crippen LogP contribution in [0.3, 0.4) is 0 Å². The van der Waals surface area contributed by atoms with Crippen molar-refractivity contribution >= 4 is 17.1 Å². The Morgan fingerprint density at radius 1 is 1.50 bits per heavy atom. The van der Waals surface area contributed by atoms with Crippen molar-refractivity contribution < 1.29 is 4.79 Å². The molecule has 0 aliphatic rings. The molecule has 0 spiro atoms. The maximum atomic E-state index is 10.9. The number of carbonyl (C=O) groups excluding carboxylic acids is 1. The molecule has 0 saturated carbocycles. The lowest BCUT2D eigenvalue weighted by Gasteiger charge is -2.00. The number of pyridine rings is 1. The molecule has 2 aromatic heterocycles.